The number of anilines is 1. The fraction of sp³-hybridized carbons (Fsp3) is 0.520. The minimum absolute atomic E-state index is 0.155. The third kappa shape index (κ3) is 6.52. The van der Waals surface area contributed by atoms with Crippen LogP contribution in [0.3, 0.4) is 0 Å². The molecule has 170 valence electrons. The predicted octanol–water partition coefficient (Wildman–Crippen LogP) is 4.87. The SMILES string of the molecule is C=CC(=O)C(C)(C)OCCC(C)(C)OCc1cc(=O)oc2cc(N(CC)CC)ccc12. The first kappa shape index (κ1) is 24.8. The molecule has 1 heterocycles. The molecule has 0 bridgehead atoms. The molecule has 0 spiro atoms. The van der Waals surface area contributed by atoms with Crippen LogP contribution in [0.15, 0.2) is 46.1 Å². The number of hydrogen-bond donors (Lipinski definition) is 0. The maximum absolute atomic E-state index is 12.1. The summed E-state index contributed by atoms with van der Waals surface area (Å²) in [6.07, 6.45) is 1.87. The van der Waals surface area contributed by atoms with Gasteiger partial charge < -0.3 is 18.8 Å². The van der Waals surface area contributed by atoms with E-state index in [0.29, 0.717) is 18.6 Å². The third-order valence-electron chi connectivity index (χ3n) is 5.51. The summed E-state index contributed by atoms with van der Waals surface area (Å²) in [7, 11) is 0. The molecule has 2 aromatic rings. The summed E-state index contributed by atoms with van der Waals surface area (Å²) in [5.74, 6) is -0.155. The first-order valence-electron chi connectivity index (χ1n) is 10.8. The van der Waals surface area contributed by atoms with Gasteiger partial charge in [0.15, 0.2) is 5.78 Å². The third-order valence-corrected chi connectivity index (χ3v) is 5.51. The molecule has 1 aromatic carbocycles. The molecule has 0 aliphatic heterocycles. The van der Waals surface area contributed by atoms with Crippen LogP contribution >= 0.6 is 0 Å². The fourth-order valence-corrected chi connectivity index (χ4v) is 3.34. The second-order valence-electron chi connectivity index (χ2n) is 8.67. The van der Waals surface area contributed by atoms with E-state index in [1.165, 1.54) is 12.1 Å². The molecule has 0 radical (unpaired) electrons. The van der Waals surface area contributed by atoms with Crippen molar-refractivity contribution in [2.24, 2.45) is 0 Å². The van der Waals surface area contributed by atoms with Crippen molar-refractivity contribution < 1.29 is 18.7 Å². The molecule has 0 unspecified atom stereocenters. The van der Waals surface area contributed by atoms with Crippen molar-refractivity contribution in [2.45, 2.75) is 65.8 Å². The van der Waals surface area contributed by atoms with Gasteiger partial charge in [-0.2, -0.15) is 0 Å². The standard InChI is InChI=1S/C25H35NO5/c1-8-22(27)25(6,7)29-14-13-24(4,5)30-17-18-15-23(28)31-21-16-19(11-12-20(18)21)26(9-2)10-3/h8,11-12,15-16H,1,9-10,13-14,17H2,2-7H3. The lowest BCUT2D eigenvalue weighted by Gasteiger charge is -2.28. The molecule has 0 N–H and O–H groups in total. The van der Waals surface area contributed by atoms with Crippen LogP contribution in [0.2, 0.25) is 0 Å². The molecule has 31 heavy (non-hydrogen) atoms. The Hall–Kier alpha value is -2.44. The molecule has 0 saturated carbocycles. The van der Waals surface area contributed by atoms with Crippen LogP contribution in [0.1, 0.15) is 53.5 Å². The molecule has 0 amide bonds. The average molecular weight is 430 g/mol. The molecule has 0 fully saturated rings. The molecule has 0 atom stereocenters. The highest BCUT2D eigenvalue weighted by atomic mass is 16.5. The number of carbonyl (C=O) groups excluding carboxylic acids is 1. The zero-order chi connectivity index (χ0) is 23.2. The zero-order valence-corrected chi connectivity index (χ0v) is 19.6. The Morgan fingerprint density at radius 2 is 1.81 bits per heavy atom. The van der Waals surface area contributed by atoms with Crippen LogP contribution in [0, 0.1) is 0 Å². The number of rotatable bonds is 12. The normalized spacial score (nSPS) is 12.2. The number of carbonyl (C=O) groups is 1. The van der Waals surface area contributed by atoms with E-state index < -0.39 is 16.8 Å². The van der Waals surface area contributed by atoms with Gasteiger partial charge in [-0.3, -0.25) is 4.79 Å². The number of hydrogen-bond acceptors (Lipinski definition) is 6. The van der Waals surface area contributed by atoms with Crippen LogP contribution in [-0.4, -0.2) is 36.7 Å². The van der Waals surface area contributed by atoms with Gasteiger partial charge in [0.2, 0.25) is 0 Å². The van der Waals surface area contributed by atoms with Gasteiger partial charge in [0, 0.05) is 36.3 Å². The number of fused-ring (bicyclic) bond motifs is 1. The van der Waals surface area contributed by atoms with E-state index in [9.17, 15) is 9.59 Å². The zero-order valence-electron chi connectivity index (χ0n) is 19.6. The summed E-state index contributed by atoms with van der Waals surface area (Å²) in [4.78, 5) is 26.2. The first-order valence-corrected chi connectivity index (χ1v) is 10.8. The van der Waals surface area contributed by atoms with E-state index >= 15 is 0 Å². The molecule has 0 aliphatic rings. The van der Waals surface area contributed by atoms with E-state index in [1.54, 1.807) is 13.8 Å². The highest BCUT2D eigenvalue weighted by Gasteiger charge is 2.27. The smallest absolute Gasteiger partial charge is 0.336 e. The first-order chi connectivity index (χ1) is 14.5. The van der Waals surface area contributed by atoms with E-state index in [4.69, 9.17) is 13.9 Å². The summed E-state index contributed by atoms with van der Waals surface area (Å²) in [6.45, 7) is 17.5. The van der Waals surface area contributed by atoms with Gasteiger partial charge in [-0.25, -0.2) is 4.79 Å². The molecular weight excluding hydrogens is 394 g/mol. The van der Waals surface area contributed by atoms with Gasteiger partial charge in [0.05, 0.1) is 18.8 Å². The predicted molar refractivity (Wildman–Crippen MR) is 125 cm³/mol. The molecule has 6 nitrogen and oxygen atoms in total. The van der Waals surface area contributed by atoms with E-state index in [1.807, 2.05) is 32.0 Å². The Morgan fingerprint density at radius 1 is 1.13 bits per heavy atom. The molecule has 0 saturated heterocycles. The second-order valence-corrected chi connectivity index (χ2v) is 8.67. The van der Waals surface area contributed by atoms with Gasteiger partial charge in [-0.05, 0) is 71.7 Å². The van der Waals surface area contributed by atoms with Gasteiger partial charge in [0.25, 0.3) is 0 Å². The van der Waals surface area contributed by atoms with Crippen molar-refractivity contribution >= 4 is 22.4 Å². The molecule has 6 heteroatoms. The van der Waals surface area contributed by atoms with Crippen LogP contribution in [0.25, 0.3) is 11.0 Å². The second kappa shape index (κ2) is 10.2. The number of ketones is 1. The van der Waals surface area contributed by atoms with Crippen LogP contribution in [0.4, 0.5) is 5.69 Å². The van der Waals surface area contributed by atoms with Crippen LogP contribution in [0.5, 0.6) is 0 Å². The lowest BCUT2D eigenvalue weighted by atomic mass is 10.0. The molecule has 0 aliphatic carbocycles. The van der Waals surface area contributed by atoms with Gasteiger partial charge >= 0.3 is 5.63 Å². The molecular formula is C25H35NO5. The Bertz CT molecular complexity index is 970. The Balaban J connectivity index is 2.11. The Labute approximate surface area is 184 Å². The van der Waals surface area contributed by atoms with Crippen molar-refractivity contribution in [1.82, 2.24) is 0 Å². The van der Waals surface area contributed by atoms with Gasteiger partial charge in [-0.1, -0.05) is 6.58 Å². The number of ether oxygens (including phenoxy) is 2. The summed E-state index contributed by atoms with van der Waals surface area (Å²) in [6, 6.07) is 7.41. The van der Waals surface area contributed by atoms with Gasteiger partial charge in [0.1, 0.15) is 11.2 Å². The van der Waals surface area contributed by atoms with E-state index in [-0.39, 0.29) is 12.4 Å². The average Bonchev–Trinajstić information content (AvgIpc) is 2.71. The van der Waals surface area contributed by atoms with Gasteiger partial charge in [-0.15, -0.1) is 0 Å². The summed E-state index contributed by atoms with van der Waals surface area (Å²) < 4.78 is 17.3. The minimum Gasteiger partial charge on any atom is -0.423 e. The monoisotopic (exact) mass is 429 g/mol. The number of benzene rings is 1. The summed E-state index contributed by atoms with van der Waals surface area (Å²) in [5, 5.41) is 0.861. The quantitative estimate of drug-likeness (QED) is 0.354. The highest BCUT2D eigenvalue weighted by molar-refractivity contribution is 5.95. The fourth-order valence-electron chi connectivity index (χ4n) is 3.34. The molecule has 1 aromatic heterocycles. The Morgan fingerprint density at radius 3 is 2.42 bits per heavy atom. The minimum atomic E-state index is -0.908. The Kier molecular flexibility index (Phi) is 8.21. The lowest BCUT2D eigenvalue weighted by molar-refractivity contribution is -0.138. The largest absolute Gasteiger partial charge is 0.423 e. The summed E-state index contributed by atoms with van der Waals surface area (Å²) in [5.41, 5.74) is 0.558. The lowest BCUT2D eigenvalue weighted by Crippen LogP contribution is -2.36. The highest BCUT2D eigenvalue weighted by Crippen LogP contribution is 2.26. The topological polar surface area (TPSA) is 69.0 Å². The number of nitrogens with zero attached hydrogens (tertiary/aromatic N) is 1. The molecule has 2 rings (SSSR count). The van der Waals surface area contributed by atoms with Crippen molar-refractivity contribution in [1.29, 1.82) is 0 Å². The van der Waals surface area contributed by atoms with Crippen molar-refractivity contribution in [2.75, 3.05) is 24.6 Å². The maximum atomic E-state index is 12.1. The maximum Gasteiger partial charge on any atom is 0.336 e. The summed E-state index contributed by atoms with van der Waals surface area (Å²) >= 11 is 0. The van der Waals surface area contributed by atoms with Crippen molar-refractivity contribution in [3.8, 4) is 0 Å². The van der Waals surface area contributed by atoms with Crippen LogP contribution in [-0.2, 0) is 20.9 Å². The van der Waals surface area contributed by atoms with Crippen molar-refractivity contribution in [3.63, 3.8) is 0 Å². The van der Waals surface area contributed by atoms with E-state index in [2.05, 4.69) is 25.3 Å². The van der Waals surface area contributed by atoms with E-state index in [0.717, 1.165) is 29.7 Å². The van der Waals surface area contributed by atoms with Crippen LogP contribution < -0.4 is 10.5 Å². The van der Waals surface area contributed by atoms with Crippen molar-refractivity contribution in [3.05, 3.63) is 52.9 Å².